The Morgan fingerprint density at radius 1 is 1.19 bits per heavy atom. The molecule has 0 aromatic rings. The fraction of sp³-hybridized carbons (Fsp3) is 1.00. The average Bonchev–Trinajstić information content (AvgIpc) is 2.24. The first-order valence-corrected chi connectivity index (χ1v) is 8.17. The van der Waals surface area contributed by atoms with Crippen LogP contribution in [-0.4, -0.2) is 24.6 Å². The van der Waals surface area contributed by atoms with Gasteiger partial charge in [0.05, 0.1) is 0 Å². The van der Waals surface area contributed by atoms with Crippen LogP contribution in [0, 0.1) is 11.3 Å². The summed E-state index contributed by atoms with van der Waals surface area (Å²) in [4.78, 5) is 0. The molecule has 2 atom stereocenters. The molecule has 1 nitrogen and oxygen atoms in total. The van der Waals surface area contributed by atoms with Crippen molar-refractivity contribution in [2.24, 2.45) is 11.3 Å². The molecule has 0 aromatic heterocycles. The van der Waals surface area contributed by atoms with Crippen LogP contribution in [-0.2, 0) is 0 Å². The van der Waals surface area contributed by atoms with Crippen molar-refractivity contribution < 1.29 is 0 Å². The van der Waals surface area contributed by atoms with E-state index in [2.05, 4.69) is 32.3 Å². The van der Waals surface area contributed by atoms with E-state index >= 15 is 0 Å². The summed E-state index contributed by atoms with van der Waals surface area (Å²) in [5.74, 6) is 2.16. The van der Waals surface area contributed by atoms with Crippen LogP contribution < -0.4 is 5.32 Å². The van der Waals surface area contributed by atoms with Crippen LogP contribution in [0.3, 0.4) is 0 Å². The molecule has 1 aliphatic carbocycles. The van der Waals surface area contributed by atoms with Crippen LogP contribution in [0.15, 0.2) is 0 Å². The number of nitrogens with one attached hydrogen (secondary N) is 1. The lowest BCUT2D eigenvalue weighted by molar-refractivity contribution is 0.131. The third-order valence-corrected chi connectivity index (χ3v) is 4.51. The predicted octanol–water partition coefficient (Wildman–Crippen LogP) is 3.93. The van der Waals surface area contributed by atoms with E-state index in [4.69, 9.17) is 0 Å². The highest BCUT2D eigenvalue weighted by Gasteiger charge is 2.33. The summed E-state index contributed by atoms with van der Waals surface area (Å²) < 4.78 is 0. The zero-order chi connectivity index (χ0) is 12.0. The Morgan fingerprint density at radius 2 is 1.88 bits per heavy atom. The molecule has 1 aliphatic rings. The van der Waals surface area contributed by atoms with Gasteiger partial charge in [-0.1, -0.05) is 33.6 Å². The minimum Gasteiger partial charge on any atom is -0.314 e. The molecule has 96 valence electrons. The quantitative estimate of drug-likeness (QED) is 0.734. The van der Waals surface area contributed by atoms with Gasteiger partial charge in [0.15, 0.2) is 0 Å². The van der Waals surface area contributed by atoms with Gasteiger partial charge in [0.2, 0.25) is 0 Å². The summed E-state index contributed by atoms with van der Waals surface area (Å²) in [5, 5.41) is 3.80. The van der Waals surface area contributed by atoms with E-state index in [1.54, 1.807) is 0 Å². The highest BCUT2D eigenvalue weighted by atomic mass is 32.2. The lowest BCUT2D eigenvalue weighted by atomic mass is 9.69. The average molecular weight is 243 g/mol. The number of rotatable bonds is 5. The molecule has 0 heterocycles. The third-order valence-electron chi connectivity index (χ3n) is 3.81. The topological polar surface area (TPSA) is 12.0 Å². The van der Waals surface area contributed by atoms with Gasteiger partial charge in [-0.15, -0.1) is 0 Å². The third kappa shape index (κ3) is 4.67. The second-order valence-corrected chi connectivity index (χ2v) is 7.15. The number of thioether (sulfide) groups is 1. The maximum Gasteiger partial charge on any atom is 0.0100 e. The van der Waals surface area contributed by atoms with E-state index in [1.165, 1.54) is 44.4 Å². The van der Waals surface area contributed by atoms with Gasteiger partial charge in [0.25, 0.3) is 0 Å². The first-order valence-electron chi connectivity index (χ1n) is 6.78. The van der Waals surface area contributed by atoms with Gasteiger partial charge < -0.3 is 5.32 Å². The van der Waals surface area contributed by atoms with E-state index in [0.717, 1.165) is 12.0 Å². The largest absolute Gasteiger partial charge is 0.314 e. The lowest BCUT2D eigenvalue weighted by Crippen LogP contribution is -2.44. The molecule has 0 aliphatic heterocycles. The number of hydrogen-bond acceptors (Lipinski definition) is 2. The molecular formula is C14H29NS. The van der Waals surface area contributed by atoms with Crippen LogP contribution in [0.2, 0.25) is 0 Å². The first-order chi connectivity index (χ1) is 7.55. The molecule has 0 aromatic carbocycles. The first kappa shape index (κ1) is 14.4. The molecular weight excluding hydrogens is 214 g/mol. The van der Waals surface area contributed by atoms with E-state index in [9.17, 15) is 0 Å². The maximum absolute atomic E-state index is 3.80. The van der Waals surface area contributed by atoms with Gasteiger partial charge in [0.1, 0.15) is 0 Å². The summed E-state index contributed by atoms with van der Waals surface area (Å²) in [6, 6.07) is 0.774. The SMILES string of the molecule is CSCCCNC1CCCCC1C(C)(C)C. The molecule has 0 bridgehead atoms. The Balaban J connectivity index is 2.35. The smallest absolute Gasteiger partial charge is 0.0100 e. The summed E-state index contributed by atoms with van der Waals surface area (Å²) in [7, 11) is 0. The van der Waals surface area contributed by atoms with Crippen molar-refractivity contribution >= 4 is 11.8 Å². The molecule has 0 radical (unpaired) electrons. The zero-order valence-electron chi connectivity index (χ0n) is 11.5. The van der Waals surface area contributed by atoms with Crippen LogP contribution in [0.25, 0.3) is 0 Å². The van der Waals surface area contributed by atoms with E-state index in [-0.39, 0.29) is 0 Å². The Bertz CT molecular complexity index is 186. The van der Waals surface area contributed by atoms with Crippen LogP contribution in [0.4, 0.5) is 0 Å². The summed E-state index contributed by atoms with van der Waals surface area (Å²) >= 11 is 1.95. The molecule has 2 unspecified atom stereocenters. The number of hydrogen-bond donors (Lipinski definition) is 1. The normalized spacial score (nSPS) is 27.0. The van der Waals surface area contributed by atoms with E-state index in [1.807, 2.05) is 11.8 Å². The molecule has 1 saturated carbocycles. The lowest BCUT2D eigenvalue weighted by Gasteiger charge is -2.41. The molecule has 1 fully saturated rings. The predicted molar refractivity (Wildman–Crippen MR) is 76.2 cm³/mol. The van der Waals surface area contributed by atoms with Gasteiger partial charge >= 0.3 is 0 Å². The van der Waals surface area contributed by atoms with Crippen LogP contribution in [0.5, 0.6) is 0 Å². The molecule has 0 amide bonds. The molecule has 0 spiro atoms. The maximum atomic E-state index is 3.80. The zero-order valence-corrected chi connectivity index (χ0v) is 12.3. The second kappa shape index (κ2) is 6.90. The van der Waals surface area contributed by atoms with E-state index < -0.39 is 0 Å². The molecule has 1 N–H and O–H groups in total. The van der Waals surface area contributed by atoms with Gasteiger partial charge in [0, 0.05) is 6.04 Å². The van der Waals surface area contributed by atoms with Crippen molar-refractivity contribution in [3.05, 3.63) is 0 Å². The van der Waals surface area contributed by atoms with Gasteiger partial charge in [-0.2, -0.15) is 11.8 Å². The fourth-order valence-electron chi connectivity index (χ4n) is 2.92. The highest BCUT2D eigenvalue weighted by molar-refractivity contribution is 7.98. The van der Waals surface area contributed by atoms with Gasteiger partial charge in [-0.25, -0.2) is 0 Å². The minimum atomic E-state index is 0.470. The Morgan fingerprint density at radius 3 is 2.50 bits per heavy atom. The Kier molecular flexibility index (Phi) is 6.20. The van der Waals surface area contributed by atoms with Gasteiger partial charge in [-0.3, -0.25) is 0 Å². The molecule has 2 heteroatoms. The van der Waals surface area contributed by atoms with Crippen molar-refractivity contribution in [2.75, 3.05) is 18.6 Å². The van der Waals surface area contributed by atoms with Crippen molar-refractivity contribution in [1.29, 1.82) is 0 Å². The summed E-state index contributed by atoms with van der Waals surface area (Å²) in [5.41, 5.74) is 0.470. The fourth-order valence-corrected chi connectivity index (χ4v) is 3.35. The standard InChI is InChI=1S/C14H29NS/c1-14(2,3)12-8-5-6-9-13(12)15-10-7-11-16-4/h12-13,15H,5-11H2,1-4H3. The van der Waals surface area contributed by atoms with Crippen molar-refractivity contribution in [3.8, 4) is 0 Å². The second-order valence-electron chi connectivity index (χ2n) is 6.16. The Hall–Kier alpha value is 0.310. The van der Waals surface area contributed by atoms with E-state index in [0.29, 0.717) is 5.41 Å². The van der Waals surface area contributed by atoms with Crippen LogP contribution in [0.1, 0.15) is 52.9 Å². The highest BCUT2D eigenvalue weighted by Crippen LogP contribution is 2.37. The molecule has 0 saturated heterocycles. The monoisotopic (exact) mass is 243 g/mol. The molecule has 16 heavy (non-hydrogen) atoms. The van der Waals surface area contributed by atoms with Crippen molar-refractivity contribution in [2.45, 2.75) is 58.9 Å². The summed E-state index contributed by atoms with van der Waals surface area (Å²) in [6.07, 6.45) is 9.18. The van der Waals surface area contributed by atoms with Crippen molar-refractivity contribution in [3.63, 3.8) is 0 Å². The van der Waals surface area contributed by atoms with Crippen LogP contribution >= 0.6 is 11.8 Å². The molecule has 1 rings (SSSR count). The van der Waals surface area contributed by atoms with Gasteiger partial charge in [-0.05, 0) is 49.1 Å². The van der Waals surface area contributed by atoms with Crippen molar-refractivity contribution in [1.82, 2.24) is 5.32 Å². The summed E-state index contributed by atoms with van der Waals surface area (Å²) in [6.45, 7) is 8.41. The minimum absolute atomic E-state index is 0.470. The Labute approximate surface area is 106 Å².